The zero-order valence-corrected chi connectivity index (χ0v) is 11.6. The van der Waals surface area contributed by atoms with E-state index in [1.165, 1.54) is 32.1 Å². The zero-order chi connectivity index (χ0) is 11.5. The Hall–Kier alpha value is 0.310. The van der Waals surface area contributed by atoms with Gasteiger partial charge in [0.15, 0.2) is 0 Å². The summed E-state index contributed by atoms with van der Waals surface area (Å²) in [5.41, 5.74) is 0. The van der Waals surface area contributed by atoms with Crippen LogP contribution in [0.5, 0.6) is 0 Å². The first-order valence-corrected chi connectivity index (χ1v) is 7.04. The lowest BCUT2D eigenvalue weighted by Crippen LogP contribution is -2.17. The summed E-state index contributed by atoms with van der Waals surface area (Å²) in [6, 6.07) is 0. The van der Waals surface area contributed by atoms with Crippen LogP contribution in [0.15, 0.2) is 0 Å². The van der Waals surface area contributed by atoms with Crippen LogP contribution in [-0.4, -0.2) is 19.0 Å². The lowest BCUT2D eigenvalue weighted by Gasteiger charge is -2.18. The molecular weight excluding hydrogens is 204 g/mol. The molecule has 0 fully saturated rings. The SMILES string of the molecule is CCCCCCCOCC(CS)C(C)C. The van der Waals surface area contributed by atoms with Gasteiger partial charge in [0.25, 0.3) is 0 Å². The van der Waals surface area contributed by atoms with Crippen molar-refractivity contribution in [3.63, 3.8) is 0 Å². The molecule has 0 aliphatic rings. The fraction of sp³-hybridized carbons (Fsp3) is 1.00. The average molecular weight is 232 g/mol. The highest BCUT2D eigenvalue weighted by atomic mass is 32.1. The number of unbranched alkanes of at least 4 members (excludes halogenated alkanes) is 4. The number of rotatable bonds is 10. The van der Waals surface area contributed by atoms with Gasteiger partial charge in [0.2, 0.25) is 0 Å². The van der Waals surface area contributed by atoms with E-state index in [2.05, 4.69) is 33.4 Å². The number of hydrogen-bond acceptors (Lipinski definition) is 2. The first kappa shape index (κ1) is 15.3. The van der Waals surface area contributed by atoms with Crippen LogP contribution in [0.1, 0.15) is 52.9 Å². The van der Waals surface area contributed by atoms with Crippen molar-refractivity contribution >= 4 is 12.6 Å². The normalized spacial score (nSPS) is 13.4. The molecule has 15 heavy (non-hydrogen) atoms. The Kier molecular flexibility index (Phi) is 11.0. The van der Waals surface area contributed by atoms with E-state index in [0.29, 0.717) is 11.8 Å². The number of thiol groups is 1. The number of hydrogen-bond donors (Lipinski definition) is 1. The maximum absolute atomic E-state index is 5.68. The Labute approximate surface area is 101 Å². The molecule has 0 rings (SSSR count). The Balaban J connectivity index is 3.22. The molecule has 0 aliphatic carbocycles. The van der Waals surface area contributed by atoms with Crippen molar-refractivity contribution in [1.82, 2.24) is 0 Å². The minimum absolute atomic E-state index is 0.615. The van der Waals surface area contributed by atoms with E-state index in [9.17, 15) is 0 Å². The summed E-state index contributed by atoms with van der Waals surface area (Å²) < 4.78 is 5.68. The lowest BCUT2D eigenvalue weighted by molar-refractivity contribution is 0.0885. The second-order valence-electron chi connectivity index (χ2n) is 4.68. The Morgan fingerprint density at radius 3 is 2.27 bits per heavy atom. The van der Waals surface area contributed by atoms with Crippen molar-refractivity contribution in [3.8, 4) is 0 Å². The van der Waals surface area contributed by atoms with Crippen LogP contribution in [0.3, 0.4) is 0 Å². The van der Waals surface area contributed by atoms with E-state index >= 15 is 0 Å². The Bertz CT molecular complexity index is 126. The van der Waals surface area contributed by atoms with Gasteiger partial charge in [-0.3, -0.25) is 0 Å². The van der Waals surface area contributed by atoms with Crippen molar-refractivity contribution in [2.45, 2.75) is 52.9 Å². The summed E-state index contributed by atoms with van der Waals surface area (Å²) in [5, 5.41) is 0. The molecule has 0 saturated heterocycles. The third-order valence-corrected chi connectivity index (χ3v) is 3.37. The quantitative estimate of drug-likeness (QED) is 0.439. The van der Waals surface area contributed by atoms with Gasteiger partial charge in [0.05, 0.1) is 6.61 Å². The zero-order valence-electron chi connectivity index (χ0n) is 10.7. The first-order valence-electron chi connectivity index (χ1n) is 6.41. The van der Waals surface area contributed by atoms with E-state index in [-0.39, 0.29) is 0 Å². The third-order valence-electron chi connectivity index (χ3n) is 2.90. The molecular formula is C13H28OS. The fourth-order valence-corrected chi connectivity index (χ4v) is 2.03. The summed E-state index contributed by atoms with van der Waals surface area (Å²) >= 11 is 4.35. The molecule has 1 nitrogen and oxygen atoms in total. The molecule has 0 amide bonds. The molecule has 0 aromatic carbocycles. The van der Waals surface area contributed by atoms with Crippen molar-refractivity contribution in [2.75, 3.05) is 19.0 Å². The highest BCUT2D eigenvalue weighted by Crippen LogP contribution is 2.13. The highest BCUT2D eigenvalue weighted by Gasteiger charge is 2.10. The predicted molar refractivity (Wildman–Crippen MR) is 71.8 cm³/mol. The monoisotopic (exact) mass is 232 g/mol. The third kappa shape index (κ3) is 9.25. The Morgan fingerprint density at radius 2 is 1.73 bits per heavy atom. The first-order chi connectivity index (χ1) is 7.22. The van der Waals surface area contributed by atoms with Crippen molar-refractivity contribution in [1.29, 1.82) is 0 Å². The minimum Gasteiger partial charge on any atom is -0.381 e. The molecule has 2 heteroatoms. The predicted octanol–water partition coefficient (Wildman–Crippen LogP) is 4.18. The topological polar surface area (TPSA) is 9.23 Å². The van der Waals surface area contributed by atoms with Crippen LogP contribution in [0.4, 0.5) is 0 Å². The molecule has 0 heterocycles. The van der Waals surface area contributed by atoms with Crippen LogP contribution in [0.25, 0.3) is 0 Å². The van der Waals surface area contributed by atoms with E-state index in [1.54, 1.807) is 0 Å². The van der Waals surface area contributed by atoms with Gasteiger partial charge in [-0.05, 0) is 24.0 Å². The van der Waals surface area contributed by atoms with Crippen molar-refractivity contribution in [2.24, 2.45) is 11.8 Å². The summed E-state index contributed by atoms with van der Waals surface area (Å²) in [6.45, 7) is 8.54. The lowest BCUT2D eigenvalue weighted by atomic mass is 9.99. The summed E-state index contributed by atoms with van der Waals surface area (Å²) in [6.07, 6.45) is 6.58. The van der Waals surface area contributed by atoms with Crippen molar-refractivity contribution in [3.05, 3.63) is 0 Å². The molecule has 0 spiro atoms. The van der Waals surface area contributed by atoms with Gasteiger partial charge in [-0.2, -0.15) is 12.6 Å². The molecule has 0 aromatic rings. The van der Waals surface area contributed by atoms with Gasteiger partial charge in [0.1, 0.15) is 0 Å². The minimum atomic E-state index is 0.615. The van der Waals surface area contributed by atoms with E-state index in [1.807, 2.05) is 0 Å². The maximum Gasteiger partial charge on any atom is 0.0504 e. The molecule has 92 valence electrons. The summed E-state index contributed by atoms with van der Waals surface area (Å²) in [7, 11) is 0. The van der Waals surface area contributed by atoms with Gasteiger partial charge < -0.3 is 4.74 Å². The maximum atomic E-state index is 5.68. The van der Waals surface area contributed by atoms with Crippen molar-refractivity contribution < 1.29 is 4.74 Å². The van der Waals surface area contributed by atoms with E-state index < -0.39 is 0 Å². The molecule has 0 radical (unpaired) electrons. The molecule has 1 unspecified atom stereocenters. The van der Waals surface area contributed by atoms with Crippen LogP contribution in [-0.2, 0) is 4.74 Å². The fourth-order valence-electron chi connectivity index (χ4n) is 1.50. The molecule has 0 bridgehead atoms. The standard InChI is InChI=1S/C13H28OS/c1-4-5-6-7-8-9-14-10-13(11-15)12(2)3/h12-13,15H,4-11H2,1-3H3. The van der Waals surface area contributed by atoms with Crippen LogP contribution >= 0.6 is 12.6 Å². The summed E-state index contributed by atoms with van der Waals surface area (Å²) in [5.74, 6) is 2.24. The second-order valence-corrected chi connectivity index (χ2v) is 5.04. The van der Waals surface area contributed by atoms with Crippen LogP contribution in [0, 0.1) is 11.8 Å². The molecule has 0 saturated carbocycles. The van der Waals surface area contributed by atoms with Crippen LogP contribution < -0.4 is 0 Å². The number of ether oxygens (including phenoxy) is 1. The second kappa shape index (κ2) is 10.8. The van der Waals surface area contributed by atoms with Gasteiger partial charge in [-0.25, -0.2) is 0 Å². The van der Waals surface area contributed by atoms with Gasteiger partial charge in [-0.15, -0.1) is 0 Å². The smallest absolute Gasteiger partial charge is 0.0504 e. The molecule has 1 atom stereocenters. The Morgan fingerprint density at radius 1 is 1.07 bits per heavy atom. The highest BCUT2D eigenvalue weighted by molar-refractivity contribution is 7.80. The van der Waals surface area contributed by atoms with E-state index in [4.69, 9.17) is 4.74 Å². The van der Waals surface area contributed by atoms with Crippen LogP contribution in [0.2, 0.25) is 0 Å². The molecule has 0 aromatic heterocycles. The molecule has 0 aliphatic heterocycles. The van der Waals surface area contributed by atoms with Gasteiger partial charge >= 0.3 is 0 Å². The summed E-state index contributed by atoms with van der Waals surface area (Å²) in [4.78, 5) is 0. The van der Waals surface area contributed by atoms with Gasteiger partial charge in [0, 0.05) is 6.61 Å². The molecule has 0 N–H and O–H groups in total. The largest absolute Gasteiger partial charge is 0.381 e. The van der Waals surface area contributed by atoms with Gasteiger partial charge in [-0.1, -0.05) is 46.5 Å². The van der Waals surface area contributed by atoms with E-state index in [0.717, 1.165) is 19.0 Å². The average Bonchev–Trinajstić information content (AvgIpc) is 2.21.